The van der Waals surface area contributed by atoms with Crippen LogP contribution in [-0.2, 0) is 16.0 Å². The molecule has 0 saturated heterocycles. The first-order valence-corrected chi connectivity index (χ1v) is 6.23. The van der Waals surface area contributed by atoms with Gasteiger partial charge < -0.3 is 19.8 Å². The second-order valence-corrected chi connectivity index (χ2v) is 4.12. The molecule has 1 aromatic rings. The van der Waals surface area contributed by atoms with Gasteiger partial charge in [0.05, 0.1) is 7.11 Å². The van der Waals surface area contributed by atoms with Crippen LogP contribution in [0, 0.1) is 0 Å². The largest absolute Gasteiger partial charge is 0.464 e. The monoisotopic (exact) mass is 254 g/mol. The molecule has 0 aliphatic carbocycles. The molecule has 0 fully saturated rings. The number of hydrogen-bond acceptors (Lipinski definition) is 4. The zero-order valence-electron chi connectivity index (χ0n) is 11.1. The zero-order chi connectivity index (χ0) is 13.2. The van der Waals surface area contributed by atoms with E-state index in [0.29, 0.717) is 5.69 Å². The molecule has 1 heterocycles. The molecule has 0 unspecified atom stereocenters. The van der Waals surface area contributed by atoms with Gasteiger partial charge in [-0.25, -0.2) is 4.79 Å². The third-order valence-electron chi connectivity index (χ3n) is 2.67. The number of carbonyl (C=O) groups excluding carboxylic acids is 1. The molecule has 5 heteroatoms. The standard InChI is InChI=1S/C13H22N2O3/c1-17-9-5-3-4-8-14-10-11-6-7-12(15-11)13(16)18-2/h6-7,14-15H,3-5,8-10H2,1-2H3. The Morgan fingerprint density at radius 3 is 2.83 bits per heavy atom. The predicted octanol–water partition coefficient (Wildman–Crippen LogP) is 1.71. The minimum Gasteiger partial charge on any atom is -0.464 e. The van der Waals surface area contributed by atoms with Gasteiger partial charge in [0.1, 0.15) is 5.69 Å². The Balaban J connectivity index is 2.12. The van der Waals surface area contributed by atoms with Crippen LogP contribution in [0.4, 0.5) is 0 Å². The highest BCUT2D eigenvalue weighted by Gasteiger charge is 2.07. The summed E-state index contributed by atoms with van der Waals surface area (Å²) in [5.41, 5.74) is 1.49. The highest BCUT2D eigenvalue weighted by Crippen LogP contribution is 2.03. The van der Waals surface area contributed by atoms with Gasteiger partial charge in [0.25, 0.3) is 0 Å². The fourth-order valence-corrected chi connectivity index (χ4v) is 1.67. The average molecular weight is 254 g/mol. The third-order valence-corrected chi connectivity index (χ3v) is 2.67. The quantitative estimate of drug-likeness (QED) is 0.520. The van der Waals surface area contributed by atoms with Crippen LogP contribution >= 0.6 is 0 Å². The Hall–Kier alpha value is -1.33. The van der Waals surface area contributed by atoms with Crippen LogP contribution in [0.15, 0.2) is 12.1 Å². The number of H-pyrrole nitrogens is 1. The Kier molecular flexibility index (Phi) is 7.13. The number of unbranched alkanes of at least 4 members (excludes halogenated alkanes) is 2. The van der Waals surface area contributed by atoms with Crippen molar-refractivity contribution in [3.8, 4) is 0 Å². The van der Waals surface area contributed by atoms with Gasteiger partial charge in [-0.3, -0.25) is 0 Å². The second kappa shape index (κ2) is 8.72. The summed E-state index contributed by atoms with van der Waals surface area (Å²) in [7, 11) is 3.10. The lowest BCUT2D eigenvalue weighted by Crippen LogP contribution is -2.15. The Morgan fingerprint density at radius 2 is 2.11 bits per heavy atom. The van der Waals surface area contributed by atoms with E-state index in [2.05, 4.69) is 15.0 Å². The highest BCUT2D eigenvalue weighted by molar-refractivity contribution is 5.87. The van der Waals surface area contributed by atoms with Crippen molar-refractivity contribution in [1.82, 2.24) is 10.3 Å². The molecule has 0 spiro atoms. The van der Waals surface area contributed by atoms with Crippen molar-refractivity contribution in [1.29, 1.82) is 0 Å². The van der Waals surface area contributed by atoms with Crippen molar-refractivity contribution in [2.24, 2.45) is 0 Å². The Labute approximate surface area is 108 Å². The third kappa shape index (κ3) is 5.33. The van der Waals surface area contributed by atoms with Gasteiger partial charge in [0.15, 0.2) is 0 Å². The molecular weight excluding hydrogens is 232 g/mol. The summed E-state index contributed by atoms with van der Waals surface area (Å²) < 4.78 is 9.61. The van der Waals surface area contributed by atoms with Crippen molar-refractivity contribution in [2.75, 3.05) is 27.4 Å². The van der Waals surface area contributed by atoms with E-state index in [1.54, 1.807) is 13.2 Å². The van der Waals surface area contributed by atoms with Crippen LogP contribution in [0.5, 0.6) is 0 Å². The summed E-state index contributed by atoms with van der Waals surface area (Å²) in [6.45, 7) is 2.54. The van der Waals surface area contributed by atoms with Crippen LogP contribution in [0.3, 0.4) is 0 Å². The Morgan fingerprint density at radius 1 is 1.28 bits per heavy atom. The summed E-state index contributed by atoms with van der Waals surface area (Å²) >= 11 is 0. The molecule has 0 saturated carbocycles. The normalized spacial score (nSPS) is 10.6. The number of carbonyl (C=O) groups is 1. The van der Waals surface area contributed by atoms with Crippen LogP contribution in [0.1, 0.15) is 35.4 Å². The minimum absolute atomic E-state index is 0.333. The molecule has 5 nitrogen and oxygen atoms in total. The van der Waals surface area contributed by atoms with Gasteiger partial charge in [-0.15, -0.1) is 0 Å². The summed E-state index contributed by atoms with van der Waals surface area (Å²) in [6, 6.07) is 3.63. The van der Waals surface area contributed by atoms with Crippen molar-refractivity contribution in [3.05, 3.63) is 23.5 Å². The molecule has 18 heavy (non-hydrogen) atoms. The fraction of sp³-hybridized carbons (Fsp3) is 0.615. The topological polar surface area (TPSA) is 63.4 Å². The van der Waals surface area contributed by atoms with Crippen molar-refractivity contribution in [2.45, 2.75) is 25.8 Å². The number of rotatable bonds is 9. The number of aromatic nitrogens is 1. The van der Waals surface area contributed by atoms with Gasteiger partial charge in [0, 0.05) is 26.0 Å². The molecule has 0 aliphatic rings. The van der Waals surface area contributed by atoms with Gasteiger partial charge in [-0.2, -0.15) is 0 Å². The van der Waals surface area contributed by atoms with E-state index in [0.717, 1.165) is 38.2 Å². The van der Waals surface area contributed by atoms with E-state index in [-0.39, 0.29) is 5.97 Å². The lowest BCUT2D eigenvalue weighted by Gasteiger charge is -2.03. The number of nitrogens with one attached hydrogen (secondary N) is 2. The molecule has 102 valence electrons. The molecule has 0 amide bonds. The first-order chi connectivity index (χ1) is 8.77. The number of ether oxygens (including phenoxy) is 2. The van der Waals surface area contributed by atoms with Gasteiger partial charge >= 0.3 is 5.97 Å². The van der Waals surface area contributed by atoms with Crippen LogP contribution < -0.4 is 5.32 Å². The molecule has 0 aromatic carbocycles. The van der Waals surface area contributed by atoms with Gasteiger partial charge in [-0.1, -0.05) is 0 Å². The highest BCUT2D eigenvalue weighted by atomic mass is 16.5. The Bertz CT molecular complexity index is 350. The lowest BCUT2D eigenvalue weighted by atomic mass is 10.2. The number of aromatic amines is 1. The van der Waals surface area contributed by atoms with E-state index in [1.807, 2.05) is 6.07 Å². The predicted molar refractivity (Wildman–Crippen MR) is 69.6 cm³/mol. The molecule has 1 aromatic heterocycles. The minimum atomic E-state index is -0.333. The van der Waals surface area contributed by atoms with Crippen molar-refractivity contribution >= 4 is 5.97 Å². The van der Waals surface area contributed by atoms with E-state index in [1.165, 1.54) is 13.5 Å². The maximum atomic E-state index is 11.2. The molecule has 2 N–H and O–H groups in total. The van der Waals surface area contributed by atoms with E-state index in [4.69, 9.17) is 4.74 Å². The van der Waals surface area contributed by atoms with Crippen molar-refractivity contribution in [3.63, 3.8) is 0 Å². The lowest BCUT2D eigenvalue weighted by molar-refractivity contribution is 0.0594. The van der Waals surface area contributed by atoms with E-state index in [9.17, 15) is 4.79 Å². The van der Waals surface area contributed by atoms with Gasteiger partial charge in [-0.05, 0) is 37.9 Å². The summed E-state index contributed by atoms with van der Waals surface area (Å²) in [6.07, 6.45) is 3.40. The number of hydrogen-bond donors (Lipinski definition) is 2. The molecule has 0 radical (unpaired) electrons. The number of esters is 1. The van der Waals surface area contributed by atoms with Crippen molar-refractivity contribution < 1.29 is 14.3 Å². The number of methoxy groups -OCH3 is 2. The van der Waals surface area contributed by atoms with Crippen LogP contribution in [0.25, 0.3) is 0 Å². The molecule has 0 bridgehead atoms. The van der Waals surface area contributed by atoms with Crippen LogP contribution in [0.2, 0.25) is 0 Å². The maximum Gasteiger partial charge on any atom is 0.354 e. The zero-order valence-corrected chi connectivity index (χ0v) is 11.1. The fourth-order valence-electron chi connectivity index (χ4n) is 1.67. The molecule has 0 aliphatic heterocycles. The van der Waals surface area contributed by atoms with E-state index < -0.39 is 0 Å². The van der Waals surface area contributed by atoms with Gasteiger partial charge in [0.2, 0.25) is 0 Å². The van der Waals surface area contributed by atoms with Crippen LogP contribution in [-0.4, -0.2) is 38.3 Å². The molecule has 1 rings (SSSR count). The molecular formula is C13H22N2O3. The first-order valence-electron chi connectivity index (χ1n) is 6.23. The average Bonchev–Trinajstić information content (AvgIpc) is 2.85. The summed E-state index contributed by atoms with van der Waals surface area (Å²) in [5, 5.41) is 3.32. The first kappa shape index (κ1) is 14.7. The second-order valence-electron chi connectivity index (χ2n) is 4.12. The smallest absolute Gasteiger partial charge is 0.354 e. The van der Waals surface area contributed by atoms with E-state index >= 15 is 0 Å². The maximum absolute atomic E-state index is 11.2. The summed E-state index contributed by atoms with van der Waals surface area (Å²) in [5.74, 6) is -0.333. The summed E-state index contributed by atoms with van der Waals surface area (Å²) in [4.78, 5) is 14.2. The SMILES string of the molecule is COCCCCCNCc1ccc(C(=O)OC)[nH]1. The molecule has 0 atom stereocenters.